The largest absolute Gasteiger partial charge is 0.494 e. The molecule has 0 spiro atoms. The summed E-state index contributed by atoms with van der Waals surface area (Å²) in [5.74, 6) is -0.185. The van der Waals surface area contributed by atoms with E-state index in [1.807, 2.05) is 0 Å². The van der Waals surface area contributed by atoms with Gasteiger partial charge < -0.3 is 20.9 Å². The van der Waals surface area contributed by atoms with Gasteiger partial charge in [0.2, 0.25) is 0 Å². The van der Waals surface area contributed by atoms with Gasteiger partial charge in [-0.1, -0.05) is 0 Å². The van der Waals surface area contributed by atoms with Crippen LogP contribution in [0.2, 0.25) is 0 Å². The molecule has 0 aliphatic carbocycles. The van der Waals surface area contributed by atoms with Gasteiger partial charge >= 0.3 is 0 Å². The molecule has 0 radical (unpaired) electrons. The second kappa shape index (κ2) is 6.89. The molecule has 7 heteroatoms. The van der Waals surface area contributed by atoms with Gasteiger partial charge in [-0.2, -0.15) is 0 Å². The lowest BCUT2D eigenvalue weighted by Crippen LogP contribution is -2.35. The van der Waals surface area contributed by atoms with E-state index in [0.717, 1.165) is 0 Å². The molecule has 1 aromatic carbocycles. The normalized spacial score (nSPS) is 12.3. The van der Waals surface area contributed by atoms with Crippen LogP contribution in [-0.2, 0) is 0 Å². The highest BCUT2D eigenvalue weighted by molar-refractivity contribution is 5.95. The molecule has 0 fully saturated rings. The van der Waals surface area contributed by atoms with Crippen molar-refractivity contribution in [3.05, 3.63) is 23.8 Å². The van der Waals surface area contributed by atoms with Crippen molar-refractivity contribution in [2.45, 2.75) is 19.5 Å². The van der Waals surface area contributed by atoms with Gasteiger partial charge in [0.25, 0.3) is 12.3 Å². The van der Waals surface area contributed by atoms with E-state index in [1.54, 1.807) is 13.0 Å². The zero-order chi connectivity index (χ0) is 14.4. The molecule has 0 heterocycles. The zero-order valence-electron chi connectivity index (χ0n) is 10.4. The molecule has 0 aliphatic rings. The van der Waals surface area contributed by atoms with Gasteiger partial charge in [0.05, 0.1) is 6.61 Å². The predicted molar refractivity (Wildman–Crippen MR) is 66.4 cm³/mol. The van der Waals surface area contributed by atoms with E-state index >= 15 is 0 Å². The molecule has 5 nitrogen and oxygen atoms in total. The number of anilines is 1. The van der Waals surface area contributed by atoms with Gasteiger partial charge in [0.15, 0.2) is 0 Å². The lowest BCUT2D eigenvalue weighted by molar-refractivity contribution is -0.00270. The van der Waals surface area contributed by atoms with Gasteiger partial charge in [-0.15, -0.1) is 0 Å². The van der Waals surface area contributed by atoms with Crippen molar-refractivity contribution in [2.24, 2.45) is 0 Å². The fraction of sp³-hybridized carbons (Fsp3) is 0.417. The molecule has 1 atom stereocenters. The molecule has 4 N–H and O–H groups in total. The van der Waals surface area contributed by atoms with Crippen LogP contribution in [0, 0.1) is 0 Å². The van der Waals surface area contributed by atoms with Gasteiger partial charge in [-0.25, -0.2) is 8.78 Å². The Morgan fingerprint density at radius 3 is 2.74 bits per heavy atom. The standard InChI is InChI=1S/C12H16F2N2O3/c1-2-19-9-4-7(3-8(15)5-9)12(18)16-6-10(17)11(13)14/h3-5,10-11,17H,2,6,15H2,1H3,(H,16,18). The Balaban J connectivity index is 2.71. The lowest BCUT2D eigenvalue weighted by atomic mass is 10.1. The number of nitrogens with two attached hydrogens (primary N) is 1. The summed E-state index contributed by atoms with van der Waals surface area (Å²) in [6, 6.07) is 4.39. The van der Waals surface area contributed by atoms with Crippen molar-refractivity contribution < 1.29 is 23.4 Å². The average Bonchev–Trinajstić information content (AvgIpc) is 2.35. The first-order chi connectivity index (χ1) is 8.93. The number of nitrogen functional groups attached to an aromatic ring is 1. The van der Waals surface area contributed by atoms with Crippen LogP contribution in [0.3, 0.4) is 0 Å². The van der Waals surface area contributed by atoms with Crippen molar-refractivity contribution in [3.8, 4) is 5.75 Å². The predicted octanol–water partition coefficient (Wildman–Crippen LogP) is 1.02. The van der Waals surface area contributed by atoms with Crippen molar-refractivity contribution in [2.75, 3.05) is 18.9 Å². The molecule has 1 unspecified atom stereocenters. The van der Waals surface area contributed by atoms with Gasteiger partial charge in [-0.3, -0.25) is 4.79 Å². The van der Waals surface area contributed by atoms with Crippen LogP contribution in [0.5, 0.6) is 5.75 Å². The first-order valence-corrected chi connectivity index (χ1v) is 5.71. The molecule has 19 heavy (non-hydrogen) atoms. The average molecular weight is 274 g/mol. The number of hydrogen-bond donors (Lipinski definition) is 3. The monoisotopic (exact) mass is 274 g/mol. The van der Waals surface area contributed by atoms with E-state index in [1.165, 1.54) is 12.1 Å². The number of amides is 1. The molecule has 1 aromatic rings. The Kier molecular flexibility index (Phi) is 5.50. The smallest absolute Gasteiger partial charge is 0.265 e. The zero-order valence-corrected chi connectivity index (χ0v) is 10.4. The Morgan fingerprint density at radius 2 is 2.16 bits per heavy atom. The number of alkyl halides is 2. The van der Waals surface area contributed by atoms with E-state index in [0.29, 0.717) is 18.0 Å². The highest BCUT2D eigenvalue weighted by Crippen LogP contribution is 2.18. The Bertz CT molecular complexity index is 441. The van der Waals surface area contributed by atoms with Crippen LogP contribution in [0.25, 0.3) is 0 Å². The molecule has 0 bridgehead atoms. The number of nitrogens with one attached hydrogen (secondary N) is 1. The molecule has 0 saturated heterocycles. The molecule has 1 amide bonds. The SMILES string of the molecule is CCOc1cc(N)cc(C(=O)NCC(O)C(F)F)c1. The number of rotatable bonds is 6. The summed E-state index contributed by atoms with van der Waals surface area (Å²) in [5.41, 5.74) is 6.11. The summed E-state index contributed by atoms with van der Waals surface area (Å²) >= 11 is 0. The number of carbonyl (C=O) groups excluding carboxylic acids is 1. The van der Waals surface area contributed by atoms with Crippen LogP contribution < -0.4 is 15.8 Å². The fourth-order valence-electron chi connectivity index (χ4n) is 1.39. The number of aliphatic hydroxyl groups is 1. The minimum Gasteiger partial charge on any atom is -0.494 e. The third-order valence-electron chi connectivity index (χ3n) is 2.26. The molecule has 0 aromatic heterocycles. The number of carbonyl (C=O) groups is 1. The maximum absolute atomic E-state index is 12.1. The molecular weight excluding hydrogens is 258 g/mol. The summed E-state index contributed by atoms with van der Waals surface area (Å²) in [6.07, 6.45) is -4.79. The summed E-state index contributed by atoms with van der Waals surface area (Å²) in [7, 11) is 0. The van der Waals surface area contributed by atoms with Crippen molar-refractivity contribution in [1.82, 2.24) is 5.32 Å². The number of halogens is 2. The van der Waals surface area contributed by atoms with Crippen LogP contribution >= 0.6 is 0 Å². The first-order valence-electron chi connectivity index (χ1n) is 5.71. The number of benzene rings is 1. The second-order valence-corrected chi connectivity index (χ2v) is 3.84. The van der Waals surface area contributed by atoms with Crippen LogP contribution in [0.4, 0.5) is 14.5 Å². The van der Waals surface area contributed by atoms with E-state index in [9.17, 15) is 13.6 Å². The third-order valence-corrected chi connectivity index (χ3v) is 2.26. The highest BCUT2D eigenvalue weighted by atomic mass is 19.3. The minimum absolute atomic E-state index is 0.185. The molecule has 0 saturated carbocycles. The first kappa shape index (κ1) is 15.2. The van der Waals surface area contributed by atoms with Gasteiger partial charge in [-0.05, 0) is 19.1 Å². The molecule has 0 aliphatic heterocycles. The van der Waals surface area contributed by atoms with Gasteiger partial charge in [0, 0.05) is 23.9 Å². The van der Waals surface area contributed by atoms with Crippen LogP contribution in [0.15, 0.2) is 18.2 Å². The third kappa shape index (κ3) is 4.70. The molecular formula is C12H16F2N2O3. The summed E-state index contributed by atoms with van der Waals surface area (Å²) in [6.45, 7) is 1.66. The van der Waals surface area contributed by atoms with Crippen LogP contribution in [-0.4, -0.2) is 36.7 Å². The molecule has 1 rings (SSSR count). The minimum atomic E-state index is -2.90. The highest BCUT2D eigenvalue weighted by Gasteiger charge is 2.18. The number of aliphatic hydroxyl groups excluding tert-OH is 1. The maximum Gasteiger partial charge on any atom is 0.265 e. The van der Waals surface area contributed by atoms with Crippen molar-refractivity contribution in [3.63, 3.8) is 0 Å². The quantitative estimate of drug-likeness (QED) is 0.676. The number of hydrogen-bond acceptors (Lipinski definition) is 4. The van der Waals surface area contributed by atoms with E-state index in [2.05, 4.69) is 5.32 Å². The van der Waals surface area contributed by atoms with E-state index in [4.69, 9.17) is 15.6 Å². The van der Waals surface area contributed by atoms with Crippen molar-refractivity contribution in [1.29, 1.82) is 0 Å². The fourth-order valence-corrected chi connectivity index (χ4v) is 1.39. The lowest BCUT2D eigenvalue weighted by Gasteiger charge is -2.12. The summed E-state index contributed by atoms with van der Waals surface area (Å²) < 4.78 is 29.3. The summed E-state index contributed by atoms with van der Waals surface area (Å²) in [5, 5.41) is 11.1. The van der Waals surface area contributed by atoms with Crippen molar-refractivity contribution >= 4 is 11.6 Å². The van der Waals surface area contributed by atoms with E-state index < -0.39 is 25.0 Å². The molecule has 106 valence electrons. The van der Waals surface area contributed by atoms with Crippen LogP contribution in [0.1, 0.15) is 17.3 Å². The summed E-state index contributed by atoms with van der Waals surface area (Å²) in [4.78, 5) is 11.7. The van der Waals surface area contributed by atoms with Gasteiger partial charge in [0.1, 0.15) is 11.9 Å². The van der Waals surface area contributed by atoms with E-state index in [-0.39, 0.29) is 5.56 Å². The Hall–Kier alpha value is -1.89. The maximum atomic E-state index is 12.1. The Morgan fingerprint density at radius 1 is 1.47 bits per heavy atom. The second-order valence-electron chi connectivity index (χ2n) is 3.84. The number of ether oxygens (including phenoxy) is 1. The topological polar surface area (TPSA) is 84.6 Å². The Labute approximate surface area is 109 Å².